The zero-order chi connectivity index (χ0) is 31.0. The summed E-state index contributed by atoms with van der Waals surface area (Å²) >= 11 is 0. The lowest BCUT2D eigenvalue weighted by atomic mass is 9.99. The van der Waals surface area contributed by atoms with E-state index in [2.05, 4.69) is 24.5 Å². The molecule has 0 aromatic rings. The van der Waals surface area contributed by atoms with Gasteiger partial charge in [0, 0.05) is 13.0 Å². The third kappa shape index (κ3) is 17.1. The number of amides is 2. The fourth-order valence-electron chi connectivity index (χ4n) is 5.21. The lowest BCUT2D eigenvalue weighted by Crippen LogP contribution is -2.60. The van der Waals surface area contributed by atoms with Gasteiger partial charge in [0.1, 0.15) is 30.5 Å². The molecule has 1 fully saturated rings. The highest BCUT2D eigenvalue weighted by molar-refractivity contribution is 5.87. The van der Waals surface area contributed by atoms with Gasteiger partial charge < -0.3 is 40.5 Å². The second-order valence-electron chi connectivity index (χ2n) is 11.8. The highest BCUT2D eigenvalue weighted by atomic mass is 16.7. The van der Waals surface area contributed by atoms with Crippen LogP contribution in [0.2, 0.25) is 0 Å². The van der Waals surface area contributed by atoms with E-state index in [1.54, 1.807) is 0 Å². The van der Waals surface area contributed by atoms with Gasteiger partial charge in [-0.15, -0.1) is 0 Å². The maximum atomic E-state index is 13.0. The van der Waals surface area contributed by atoms with Crippen molar-refractivity contribution in [1.82, 2.24) is 10.6 Å². The van der Waals surface area contributed by atoms with Crippen molar-refractivity contribution in [3.05, 3.63) is 0 Å². The summed E-state index contributed by atoms with van der Waals surface area (Å²) in [4.78, 5) is 25.7. The molecule has 0 aromatic heterocycles. The van der Waals surface area contributed by atoms with Gasteiger partial charge in [-0.1, -0.05) is 117 Å². The molecule has 6 atom stereocenters. The molecule has 0 aromatic carbocycles. The van der Waals surface area contributed by atoms with Crippen LogP contribution in [0, 0.1) is 0 Å². The van der Waals surface area contributed by atoms with Crippen LogP contribution >= 0.6 is 0 Å². The smallest absolute Gasteiger partial charge is 0.244 e. The molecule has 248 valence electrons. The van der Waals surface area contributed by atoms with Crippen molar-refractivity contribution in [3.63, 3.8) is 0 Å². The molecule has 6 N–H and O–H groups in total. The van der Waals surface area contributed by atoms with Crippen LogP contribution in [0.1, 0.15) is 136 Å². The number of carbonyl (C=O) groups excluding carboxylic acids is 2. The Morgan fingerprint density at radius 1 is 0.714 bits per heavy atom. The first-order valence-corrected chi connectivity index (χ1v) is 16.8. The Kier molecular flexibility index (Phi) is 23.1. The molecule has 42 heavy (non-hydrogen) atoms. The first kappa shape index (κ1) is 38.7. The summed E-state index contributed by atoms with van der Waals surface area (Å²) < 4.78 is 11.0. The molecule has 1 rings (SSSR count). The van der Waals surface area contributed by atoms with Crippen LogP contribution in [0.25, 0.3) is 0 Å². The number of hydrogen-bond acceptors (Lipinski definition) is 8. The fourth-order valence-corrected chi connectivity index (χ4v) is 5.21. The second kappa shape index (κ2) is 25.1. The molecule has 1 aliphatic heterocycles. The molecule has 0 bridgehead atoms. The molecule has 10 heteroatoms. The molecule has 0 radical (unpaired) electrons. The normalized spacial score (nSPS) is 23.0. The van der Waals surface area contributed by atoms with Crippen molar-refractivity contribution in [2.75, 3.05) is 19.8 Å². The summed E-state index contributed by atoms with van der Waals surface area (Å²) in [7, 11) is 0. The second-order valence-corrected chi connectivity index (χ2v) is 11.8. The van der Waals surface area contributed by atoms with Crippen molar-refractivity contribution in [3.8, 4) is 0 Å². The lowest BCUT2D eigenvalue weighted by Gasteiger charge is -2.39. The zero-order valence-electron chi connectivity index (χ0n) is 26.4. The van der Waals surface area contributed by atoms with Crippen LogP contribution in [0.4, 0.5) is 0 Å². The molecule has 0 saturated carbocycles. The molecule has 1 saturated heterocycles. The number of ether oxygens (including phenoxy) is 2. The SMILES string of the molecule is CCCCCCCCCCCNC(=O)[C@H](CO[C@@H]1O[C@H](CO)[C@H](O)[C@H](O)[C@H]1O)NC(=O)CCCCCCCCCCC. The van der Waals surface area contributed by atoms with Crippen LogP contribution in [-0.2, 0) is 19.1 Å². The van der Waals surface area contributed by atoms with Crippen LogP contribution < -0.4 is 10.6 Å². The highest BCUT2D eigenvalue weighted by Crippen LogP contribution is 2.22. The van der Waals surface area contributed by atoms with Gasteiger partial charge in [0.2, 0.25) is 11.8 Å². The summed E-state index contributed by atoms with van der Waals surface area (Å²) in [6.07, 6.45) is 13.9. The molecule has 0 unspecified atom stereocenters. The van der Waals surface area contributed by atoms with Crippen molar-refractivity contribution in [1.29, 1.82) is 0 Å². The topological polar surface area (TPSA) is 158 Å². The van der Waals surface area contributed by atoms with Crippen LogP contribution in [0.3, 0.4) is 0 Å². The Morgan fingerprint density at radius 2 is 1.21 bits per heavy atom. The van der Waals surface area contributed by atoms with Crippen LogP contribution in [0.5, 0.6) is 0 Å². The van der Waals surface area contributed by atoms with E-state index < -0.39 is 43.4 Å². The van der Waals surface area contributed by atoms with Crippen LogP contribution in [-0.4, -0.2) is 88.7 Å². The monoisotopic (exact) mass is 602 g/mol. The Hall–Kier alpha value is -1.30. The number of aliphatic hydroxyl groups is 4. The van der Waals surface area contributed by atoms with Crippen molar-refractivity contribution in [2.45, 2.75) is 173 Å². The van der Waals surface area contributed by atoms with Gasteiger partial charge in [0.25, 0.3) is 0 Å². The predicted molar refractivity (Wildman–Crippen MR) is 164 cm³/mol. The van der Waals surface area contributed by atoms with Crippen LogP contribution in [0.15, 0.2) is 0 Å². The van der Waals surface area contributed by atoms with Crippen molar-refractivity contribution in [2.24, 2.45) is 0 Å². The Bertz CT molecular complexity index is 681. The minimum absolute atomic E-state index is 0.251. The molecule has 1 aliphatic rings. The maximum Gasteiger partial charge on any atom is 0.244 e. The van der Waals surface area contributed by atoms with E-state index in [-0.39, 0.29) is 18.4 Å². The van der Waals surface area contributed by atoms with E-state index in [1.807, 2.05) is 0 Å². The molecule has 0 aliphatic carbocycles. The summed E-state index contributed by atoms with van der Waals surface area (Å²) in [6, 6.07) is -1.01. The molecule has 10 nitrogen and oxygen atoms in total. The molecule has 1 heterocycles. The van der Waals surface area contributed by atoms with Gasteiger partial charge in [0.15, 0.2) is 6.29 Å². The van der Waals surface area contributed by atoms with Gasteiger partial charge in [-0.2, -0.15) is 0 Å². The highest BCUT2D eigenvalue weighted by Gasteiger charge is 2.44. The quantitative estimate of drug-likeness (QED) is 0.0815. The summed E-state index contributed by atoms with van der Waals surface area (Å²) in [5.74, 6) is -0.641. The summed E-state index contributed by atoms with van der Waals surface area (Å²) in [5, 5.41) is 45.4. The standard InChI is InChI=1S/C32H62N2O8/c1-3-5-7-9-11-13-15-17-19-21-27(36)34-25(24-41-32-30(39)29(38)28(37)26(23-35)42-32)31(40)33-22-20-18-16-14-12-10-8-6-4-2/h25-26,28-30,32,35,37-39H,3-24H2,1-2H3,(H,33,40)(H,34,36)/t25-,26+,28-,29-,30+,32+/m0/s1. The van der Waals surface area contributed by atoms with E-state index in [0.29, 0.717) is 13.0 Å². The maximum absolute atomic E-state index is 13.0. The number of unbranched alkanes of at least 4 members (excludes halogenated alkanes) is 16. The van der Waals surface area contributed by atoms with Crippen molar-refractivity contribution < 1.29 is 39.5 Å². The zero-order valence-corrected chi connectivity index (χ0v) is 26.4. The predicted octanol–water partition coefficient (Wildman–Crippen LogP) is 3.86. The average Bonchev–Trinajstić information content (AvgIpc) is 2.98. The summed E-state index contributed by atoms with van der Waals surface area (Å²) in [5.41, 5.74) is 0. The Morgan fingerprint density at radius 3 is 1.74 bits per heavy atom. The van der Waals surface area contributed by atoms with Gasteiger partial charge in [-0.25, -0.2) is 0 Å². The molecule has 0 spiro atoms. The number of nitrogens with one attached hydrogen (secondary N) is 2. The minimum atomic E-state index is -1.58. The van der Waals surface area contributed by atoms with E-state index in [1.165, 1.54) is 77.0 Å². The van der Waals surface area contributed by atoms with Gasteiger partial charge in [-0.05, 0) is 12.8 Å². The lowest BCUT2D eigenvalue weighted by molar-refractivity contribution is -0.301. The van der Waals surface area contributed by atoms with Gasteiger partial charge in [-0.3, -0.25) is 9.59 Å². The third-order valence-electron chi connectivity index (χ3n) is 8.01. The number of rotatable bonds is 26. The number of carbonyl (C=O) groups is 2. The number of aliphatic hydroxyl groups excluding tert-OH is 4. The van der Waals surface area contributed by atoms with E-state index in [9.17, 15) is 30.0 Å². The van der Waals surface area contributed by atoms with Crippen molar-refractivity contribution >= 4 is 11.8 Å². The van der Waals surface area contributed by atoms with E-state index >= 15 is 0 Å². The summed E-state index contributed by atoms with van der Waals surface area (Å²) in [6.45, 7) is 4.03. The first-order chi connectivity index (χ1) is 20.3. The molecular weight excluding hydrogens is 540 g/mol. The minimum Gasteiger partial charge on any atom is -0.394 e. The molecule has 2 amide bonds. The fraction of sp³-hybridized carbons (Fsp3) is 0.938. The average molecular weight is 603 g/mol. The number of hydrogen-bond donors (Lipinski definition) is 6. The van der Waals surface area contributed by atoms with Gasteiger partial charge in [0.05, 0.1) is 13.2 Å². The largest absolute Gasteiger partial charge is 0.394 e. The first-order valence-electron chi connectivity index (χ1n) is 16.8. The van der Waals surface area contributed by atoms with Gasteiger partial charge >= 0.3 is 0 Å². The third-order valence-corrected chi connectivity index (χ3v) is 8.01. The van der Waals surface area contributed by atoms with E-state index in [4.69, 9.17) is 9.47 Å². The molecular formula is C32H62N2O8. The van der Waals surface area contributed by atoms with E-state index in [0.717, 1.165) is 38.5 Å². The Labute approximate surface area is 254 Å². The Balaban J connectivity index is 2.49.